The zero-order chi connectivity index (χ0) is 28.7. The number of imidazole rings is 1. The molecule has 2 aliphatic heterocycles. The molecule has 1 aromatic carbocycles. The summed E-state index contributed by atoms with van der Waals surface area (Å²) in [6.07, 6.45) is -2.35. The number of carbonyl (C=O) groups is 1. The Balaban J connectivity index is 1.25. The van der Waals surface area contributed by atoms with E-state index >= 15 is 0 Å². The summed E-state index contributed by atoms with van der Waals surface area (Å²) in [7, 11) is 1.41. The highest BCUT2D eigenvalue weighted by Gasteiger charge is 2.54. The van der Waals surface area contributed by atoms with Gasteiger partial charge in [-0.1, -0.05) is 41.7 Å². The van der Waals surface area contributed by atoms with Crippen LogP contribution in [0.4, 0.5) is 5.95 Å². The van der Waals surface area contributed by atoms with Crippen molar-refractivity contribution in [2.24, 2.45) is 0 Å². The molecule has 7 atom stereocenters. The SMILES string of the molecule is COc1nc(N)nc2c1ncn2[C@@H]1O[C@H](CO[P@]2(=O)NC(C(=O)O[C@@H](C)c3ccccc3)CCS2)[C@@H](O)[C@@]1(C)O. The van der Waals surface area contributed by atoms with E-state index in [1.807, 2.05) is 30.3 Å². The molecule has 0 aliphatic carbocycles. The van der Waals surface area contributed by atoms with Gasteiger partial charge in [0, 0.05) is 5.75 Å². The van der Waals surface area contributed by atoms with Crippen molar-refractivity contribution in [3.8, 4) is 5.88 Å². The first-order valence-corrected chi connectivity index (χ1v) is 15.8. The third-order valence-corrected chi connectivity index (χ3v) is 10.9. The second kappa shape index (κ2) is 11.2. The van der Waals surface area contributed by atoms with Gasteiger partial charge in [-0.25, -0.2) is 10.1 Å². The van der Waals surface area contributed by atoms with E-state index in [1.54, 1.807) is 6.92 Å². The minimum absolute atomic E-state index is 0.0751. The zero-order valence-electron chi connectivity index (χ0n) is 22.0. The van der Waals surface area contributed by atoms with Crippen LogP contribution in [0, 0.1) is 0 Å². The molecule has 2 saturated heterocycles. The lowest BCUT2D eigenvalue weighted by atomic mass is 9.96. The molecule has 5 N–H and O–H groups in total. The molecule has 0 spiro atoms. The van der Waals surface area contributed by atoms with E-state index in [9.17, 15) is 19.6 Å². The highest BCUT2D eigenvalue weighted by atomic mass is 32.7. The number of fused-ring (bicyclic) bond motifs is 1. The molecule has 16 heteroatoms. The Morgan fingerprint density at radius 1 is 1.38 bits per heavy atom. The number of methoxy groups -OCH3 is 1. The number of nitrogens with zero attached hydrogens (tertiary/aromatic N) is 4. The predicted molar refractivity (Wildman–Crippen MR) is 145 cm³/mol. The Kier molecular flexibility index (Phi) is 8.08. The number of aliphatic hydroxyl groups is 2. The van der Waals surface area contributed by atoms with Crippen LogP contribution in [0.25, 0.3) is 11.2 Å². The smallest absolute Gasteiger partial charge is 0.327 e. The predicted octanol–water partition coefficient (Wildman–Crippen LogP) is 1.95. The summed E-state index contributed by atoms with van der Waals surface area (Å²) in [6, 6.07) is 8.46. The van der Waals surface area contributed by atoms with E-state index in [0.717, 1.165) is 16.9 Å². The Morgan fingerprint density at radius 3 is 2.85 bits per heavy atom. The van der Waals surface area contributed by atoms with Crippen molar-refractivity contribution >= 4 is 41.2 Å². The third kappa shape index (κ3) is 5.55. The van der Waals surface area contributed by atoms with E-state index in [0.29, 0.717) is 12.2 Å². The van der Waals surface area contributed by atoms with Crippen molar-refractivity contribution in [3.05, 3.63) is 42.2 Å². The van der Waals surface area contributed by atoms with Gasteiger partial charge in [-0.15, -0.1) is 0 Å². The summed E-state index contributed by atoms with van der Waals surface area (Å²) in [5, 5.41) is 24.9. The van der Waals surface area contributed by atoms with Crippen LogP contribution in [0.1, 0.15) is 38.2 Å². The second-order valence-corrected chi connectivity index (χ2v) is 14.1. The van der Waals surface area contributed by atoms with Crippen LogP contribution < -0.4 is 15.6 Å². The summed E-state index contributed by atoms with van der Waals surface area (Å²) >= 11 is 1.05. The molecular formula is C24H31N6O8PS. The van der Waals surface area contributed by atoms with Crippen molar-refractivity contribution in [1.29, 1.82) is 0 Å². The van der Waals surface area contributed by atoms with Gasteiger partial charge in [-0.05, 0) is 25.8 Å². The summed E-state index contributed by atoms with van der Waals surface area (Å²) in [6.45, 7) is -0.748. The van der Waals surface area contributed by atoms with E-state index in [1.165, 1.54) is 24.9 Å². The molecule has 216 valence electrons. The normalized spacial score (nSPS) is 31.2. The van der Waals surface area contributed by atoms with Crippen molar-refractivity contribution in [3.63, 3.8) is 0 Å². The number of hydrogen-bond acceptors (Lipinski definition) is 13. The number of nitrogen functional groups attached to an aromatic ring is 1. The lowest BCUT2D eigenvalue weighted by molar-refractivity contribution is -0.150. The fourth-order valence-electron chi connectivity index (χ4n) is 4.65. The summed E-state index contributed by atoms with van der Waals surface area (Å²) in [5.41, 5.74) is 5.34. The van der Waals surface area contributed by atoms with Crippen molar-refractivity contribution < 1.29 is 38.3 Å². The maximum absolute atomic E-state index is 13.5. The monoisotopic (exact) mass is 594 g/mol. The number of carbonyl (C=O) groups excluding carboxylic acids is 1. The van der Waals surface area contributed by atoms with Gasteiger partial charge in [0.25, 0.3) is 0 Å². The fraction of sp³-hybridized carbons (Fsp3) is 0.500. The number of rotatable bonds is 8. The van der Waals surface area contributed by atoms with Gasteiger partial charge in [0.1, 0.15) is 30.0 Å². The lowest BCUT2D eigenvalue weighted by Crippen LogP contribution is -2.44. The van der Waals surface area contributed by atoms with Crippen LogP contribution in [0.2, 0.25) is 0 Å². The Morgan fingerprint density at radius 2 is 2.12 bits per heavy atom. The van der Waals surface area contributed by atoms with Gasteiger partial charge in [0.2, 0.25) is 11.8 Å². The number of nitrogens with one attached hydrogen (secondary N) is 1. The first-order chi connectivity index (χ1) is 19.0. The van der Waals surface area contributed by atoms with Gasteiger partial charge in [0.15, 0.2) is 17.4 Å². The van der Waals surface area contributed by atoms with Gasteiger partial charge in [-0.3, -0.25) is 13.9 Å². The van der Waals surface area contributed by atoms with E-state index in [4.69, 9.17) is 24.5 Å². The number of anilines is 1. The molecule has 14 nitrogen and oxygen atoms in total. The molecule has 5 rings (SSSR count). The van der Waals surface area contributed by atoms with Crippen LogP contribution in [0.3, 0.4) is 0 Å². The number of nitrogens with two attached hydrogens (primary N) is 1. The second-order valence-electron chi connectivity index (χ2n) is 9.70. The topological polar surface area (TPSA) is 193 Å². The number of ether oxygens (including phenoxy) is 3. The van der Waals surface area contributed by atoms with Crippen LogP contribution in [-0.4, -0.2) is 79.0 Å². The molecule has 1 unspecified atom stereocenters. The van der Waals surface area contributed by atoms with Crippen LogP contribution in [-0.2, 0) is 23.4 Å². The van der Waals surface area contributed by atoms with Crippen molar-refractivity contribution in [2.45, 2.75) is 56.5 Å². The highest BCUT2D eigenvalue weighted by Crippen LogP contribution is 2.59. The summed E-state index contributed by atoms with van der Waals surface area (Å²) < 4.78 is 37.4. The summed E-state index contributed by atoms with van der Waals surface area (Å²) in [5.74, 6) is -0.0791. The molecular weight excluding hydrogens is 563 g/mol. The van der Waals surface area contributed by atoms with Gasteiger partial charge < -0.3 is 34.7 Å². The quantitative estimate of drug-likeness (QED) is 0.218. The van der Waals surface area contributed by atoms with E-state index in [-0.39, 0.29) is 29.6 Å². The number of hydrogen-bond donors (Lipinski definition) is 4. The average Bonchev–Trinajstić information content (AvgIpc) is 3.45. The lowest BCUT2D eigenvalue weighted by Gasteiger charge is -2.30. The first-order valence-electron chi connectivity index (χ1n) is 12.5. The number of benzene rings is 1. The molecule has 2 aliphatic rings. The highest BCUT2D eigenvalue weighted by molar-refractivity contribution is 8.56. The molecule has 0 amide bonds. The van der Waals surface area contributed by atoms with E-state index in [2.05, 4.69) is 20.0 Å². The summed E-state index contributed by atoms with van der Waals surface area (Å²) in [4.78, 5) is 25.2. The maximum Gasteiger partial charge on any atom is 0.327 e. The minimum atomic E-state index is -3.58. The van der Waals surface area contributed by atoms with Gasteiger partial charge in [0.05, 0.1) is 20.0 Å². The maximum atomic E-state index is 13.5. The van der Waals surface area contributed by atoms with Crippen molar-refractivity contribution in [1.82, 2.24) is 24.6 Å². The van der Waals surface area contributed by atoms with Gasteiger partial charge >= 0.3 is 12.7 Å². The van der Waals surface area contributed by atoms with Crippen LogP contribution in [0.15, 0.2) is 36.7 Å². The average molecular weight is 595 g/mol. The molecule has 0 bridgehead atoms. The van der Waals surface area contributed by atoms with Gasteiger partial charge in [-0.2, -0.15) is 9.97 Å². The van der Waals surface area contributed by atoms with E-state index < -0.39 is 48.9 Å². The zero-order valence-corrected chi connectivity index (χ0v) is 23.7. The Bertz CT molecular complexity index is 1430. The fourth-order valence-corrected chi connectivity index (χ4v) is 8.46. The molecule has 4 heterocycles. The molecule has 2 fully saturated rings. The van der Waals surface area contributed by atoms with Crippen LogP contribution in [0.5, 0.6) is 5.88 Å². The van der Waals surface area contributed by atoms with Crippen LogP contribution >= 0.6 is 18.1 Å². The number of aliphatic hydroxyl groups excluding tert-OH is 1. The third-order valence-electron chi connectivity index (χ3n) is 6.84. The van der Waals surface area contributed by atoms with Crippen molar-refractivity contribution in [2.75, 3.05) is 25.2 Å². The first kappa shape index (κ1) is 28.7. The molecule has 0 radical (unpaired) electrons. The standard InChI is InChI=1S/C24H31N6O8PS/c1-13(14-7-5-4-6-8-14)37-21(32)15-9-10-40-39(34,29-15)36-11-16-18(31)24(2,33)22(38-16)30-12-26-17-19(30)27-23(25)28-20(17)35-3/h4-8,12-13,15-16,18,22,31,33H,9-11H2,1-3H3,(H,29,34)(H2,25,27,28)/t13-,15?,16+,18+,22+,24+,39+/m0/s1. The number of esters is 1. The molecule has 3 aromatic rings. The Hall–Kier alpha value is -2.78. The largest absolute Gasteiger partial charge is 0.479 e. The molecule has 0 saturated carbocycles. The molecule has 2 aromatic heterocycles. The Labute approximate surface area is 233 Å². The minimum Gasteiger partial charge on any atom is -0.479 e. The number of aromatic nitrogens is 4. The molecule has 40 heavy (non-hydrogen) atoms.